The van der Waals surface area contributed by atoms with Gasteiger partial charge in [-0.3, -0.25) is 14.4 Å². The minimum absolute atomic E-state index is 0.00138. The normalized spacial score (nSPS) is 16.6. The molecule has 1 aromatic carbocycles. The molecular formula is C31H41N5O8. The maximum absolute atomic E-state index is 13.7. The van der Waals surface area contributed by atoms with Crippen LogP contribution in [0.3, 0.4) is 0 Å². The van der Waals surface area contributed by atoms with Crippen LogP contribution in [-0.4, -0.2) is 94.4 Å². The fourth-order valence-corrected chi connectivity index (χ4v) is 4.95. The number of hydrogen-bond acceptors (Lipinski definition) is 11. The maximum atomic E-state index is 13.7. The molecule has 2 aliphatic rings. The second kappa shape index (κ2) is 15.0. The number of ether oxygens (including phenoxy) is 3. The van der Waals surface area contributed by atoms with Crippen LogP contribution in [0, 0.1) is 0 Å². The Morgan fingerprint density at radius 2 is 1.68 bits per heavy atom. The van der Waals surface area contributed by atoms with Gasteiger partial charge in [0.2, 0.25) is 11.8 Å². The third kappa shape index (κ3) is 9.63. The van der Waals surface area contributed by atoms with E-state index >= 15 is 0 Å². The zero-order valence-electron chi connectivity index (χ0n) is 25.7. The minimum Gasteiger partial charge on any atom is -0.474 e. The van der Waals surface area contributed by atoms with E-state index in [-0.39, 0.29) is 56.9 Å². The molecule has 1 saturated heterocycles. The van der Waals surface area contributed by atoms with E-state index < -0.39 is 35.6 Å². The van der Waals surface area contributed by atoms with Crippen LogP contribution >= 0.6 is 0 Å². The first kappa shape index (κ1) is 32.6. The van der Waals surface area contributed by atoms with Crippen LogP contribution < -0.4 is 10.1 Å². The van der Waals surface area contributed by atoms with Gasteiger partial charge in [-0.15, -0.1) is 5.06 Å². The number of aromatic nitrogens is 2. The summed E-state index contributed by atoms with van der Waals surface area (Å²) in [7, 11) is 0. The molecule has 238 valence electrons. The first-order valence-corrected chi connectivity index (χ1v) is 15.0. The lowest BCUT2D eigenvalue weighted by atomic mass is 10.1. The van der Waals surface area contributed by atoms with Crippen LogP contribution in [0.2, 0.25) is 0 Å². The van der Waals surface area contributed by atoms with Crippen molar-refractivity contribution in [1.82, 2.24) is 25.2 Å². The zero-order chi connectivity index (χ0) is 31.7. The monoisotopic (exact) mass is 611 g/mol. The van der Waals surface area contributed by atoms with Crippen molar-refractivity contribution >= 4 is 23.9 Å². The number of carbonyl (C=O) groups is 4. The van der Waals surface area contributed by atoms with Crippen molar-refractivity contribution in [3.05, 3.63) is 42.1 Å². The quantitative estimate of drug-likeness (QED) is 0.393. The Kier molecular flexibility index (Phi) is 11.1. The van der Waals surface area contributed by atoms with Gasteiger partial charge in [0, 0.05) is 24.7 Å². The van der Waals surface area contributed by atoms with Gasteiger partial charge in [0.25, 0.3) is 5.91 Å². The Hall–Kier alpha value is -4.26. The summed E-state index contributed by atoms with van der Waals surface area (Å²) in [4.78, 5) is 67.5. The largest absolute Gasteiger partial charge is 0.527 e. The highest BCUT2D eigenvalue weighted by Crippen LogP contribution is 2.25. The van der Waals surface area contributed by atoms with Crippen LogP contribution in [0.25, 0.3) is 11.4 Å². The average Bonchev–Trinajstić information content (AvgIpc) is 3.49. The van der Waals surface area contributed by atoms with Gasteiger partial charge in [-0.2, -0.15) is 4.98 Å². The summed E-state index contributed by atoms with van der Waals surface area (Å²) in [5, 5.41) is 4.11. The topological polar surface area (TPSA) is 149 Å². The smallest absolute Gasteiger partial charge is 0.474 e. The second-order valence-electron chi connectivity index (χ2n) is 11.7. The molecule has 1 aliphatic heterocycles. The number of rotatable bonds is 10. The molecule has 4 rings (SSSR count). The fourth-order valence-electron chi connectivity index (χ4n) is 4.95. The Morgan fingerprint density at radius 1 is 1.00 bits per heavy atom. The number of amides is 2. The van der Waals surface area contributed by atoms with Crippen molar-refractivity contribution in [2.45, 2.75) is 77.5 Å². The van der Waals surface area contributed by atoms with Crippen LogP contribution in [0.4, 0.5) is 4.79 Å². The number of esters is 1. The predicted octanol–water partition coefficient (Wildman–Crippen LogP) is 3.53. The fraction of sp³-hybridized carbons (Fsp3) is 0.548. The van der Waals surface area contributed by atoms with E-state index in [0.29, 0.717) is 11.4 Å². The van der Waals surface area contributed by atoms with Gasteiger partial charge in [-0.1, -0.05) is 30.3 Å². The molecule has 1 atom stereocenters. The summed E-state index contributed by atoms with van der Waals surface area (Å²) < 4.78 is 16.4. The van der Waals surface area contributed by atoms with Gasteiger partial charge in [0.05, 0.1) is 26.1 Å². The Balaban J connectivity index is 1.53. The van der Waals surface area contributed by atoms with E-state index in [1.54, 1.807) is 27.7 Å². The molecular weight excluding hydrogens is 570 g/mol. The van der Waals surface area contributed by atoms with E-state index in [0.717, 1.165) is 25.7 Å². The number of benzene rings is 1. The highest BCUT2D eigenvalue weighted by Gasteiger charge is 2.33. The van der Waals surface area contributed by atoms with Crippen molar-refractivity contribution < 1.29 is 38.2 Å². The molecule has 1 aromatic heterocycles. The van der Waals surface area contributed by atoms with Crippen molar-refractivity contribution in [3.63, 3.8) is 0 Å². The van der Waals surface area contributed by atoms with Crippen molar-refractivity contribution in [2.24, 2.45) is 0 Å². The van der Waals surface area contributed by atoms with E-state index in [4.69, 9.17) is 19.0 Å². The molecule has 13 nitrogen and oxygen atoms in total. The maximum Gasteiger partial charge on any atom is 0.527 e. The van der Waals surface area contributed by atoms with Crippen molar-refractivity contribution in [3.8, 4) is 17.3 Å². The van der Waals surface area contributed by atoms with Crippen LogP contribution in [0.1, 0.15) is 70.3 Å². The number of hydrogen-bond donors (Lipinski definition) is 1. The molecule has 13 heteroatoms. The van der Waals surface area contributed by atoms with E-state index in [1.807, 2.05) is 30.3 Å². The highest BCUT2D eigenvalue weighted by atomic mass is 16.8. The Bertz CT molecular complexity index is 1300. The number of nitrogens with one attached hydrogen (secondary N) is 1. The zero-order valence-corrected chi connectivity index (χ0v) is 25.7. The van der Waals surface area contributed by atoms with Gasteiger partial charge >= 0.3 is 12.1 Å². The molecule has 0 unspecified atom stereocenters. The molecule has 1 aliphatic carbocycles. The minimum atomic E-state index is -1.23. The molecule has 1 saturated carbocycles. The molecule has 1 N–H and O–H groups in total. The first-order valence-electron chi connectivity index (χ1n) is 15.0. The number of nitrogens with zero attached hydrogens (tertiary/aromatic N) is 4. The van der Waals surface area contributed by atoms with Crippen LogP contribution in [0.5, 0.6) is 5.88 Å². The summed E-state index contributed by atoms with van der Waals surface area (Å²) in [6, 6.07) is 9.44. The summed E-state index contributed by atoms with van der Waals surface area (Å²) in [5.41, 5.74) is -0.0849. The molecule has 2 fully saturated rings. The van der Waals surface area contributed by atoms with Gasteiger partial charge in [-0.05, 0) is 53.4 Å². The molecule has 0 bridgehead atoms. The van der Waals surface area contributed by atoms with Crippen LogP contribution in [0.15, 0.2) is 36.4 Å². The van der Waals surface area contributed by atoms with Gasteiger partial charge in [-0.25, -0.2) is 9.78 Å². The average molecular weight is 612 g/mol. The summed E-state index contributed by atoms with van der Waals surface area (Å²) >= 11 is 0. The molecule has 0 radical (unpaired) electrons. The Labute approximate surface area is 257 Å². The lowest BCUT2D eigenvalue weighted by molar-refractivity contribution is -0.162. The SMILES string of the molecule is CCOC(=O)ON1CCN(C(=O)[C@H](CC(=O)OC(C)(C)C)NC(=O)c2cc(OC3CCCC3)nc(-c3ccccc3)n2)CC1. The summed E-state index contributed by atoms with van der Waals surface area (Å²) in [6.45, 7) is 7.87. The van der Waals surface area contributed by atoms with E-state index in [9.17, 15) is 19.2 Å². The van der Waals surface area contributed by atoms with E-state index in [2.05, 4.69) is 15.3 Å². The molecule has 2 heterocycles. The summed E-state index contributed by atoms with van der Waals surface area (Å²) in [6.07, 6.45) is 2.71. The van der Waals surface area contributed by atoms with Crippen molar-refractivity contribution in [2.75, 3.05) is 32.8 Å². The van der Waals surface area contributed by atoms with Crippen molar-refractivity contribution in [1.29, 1.82) is 0 Å². The van der Waals surface area contributed by atoms with E-state index in [1.165, 1.54) is 16.0 Å². The molecule has 2 aromatic rings. The lowest BCUT2D eigenvalue weighted by Gasteiger charge is -2.35. The van der Waals surface area contributed by atoms with Gasteiger partial charge in [0.1, 0.15) is 23.4 Å². The first-order chi connectivity index (χ1) is 21.0. The standard InChI is InChI=1S/C31H41N5O8/c1-5-41-30(40)44-36-17-15-35(16-18-36)29(39)24(20-26(37)43-31(2,3)4)33-28(38)23-19-25(42-22-13-9-10-14-22)34-27(32-23)21-11-7-6-8-12-21/h6-8,11-12,19,22,24H,5,9-10,13-18,20H2,1-4H3,(H,33,38)/t24-/m0/s1. The third-order valence-electron chi connectivity index (χ3n) is 6.97. The Morgan fingerprint density at radius 3 is 2.32 bits per heavy atom. The van der Waals surface area contributed by atoms with Crippen LogP contribution in [-0.2, 0) is 23.9 Å². The molecule has 44 heavy (non-hydrogen) atoms. The highest BCUT2D eigenvalue weighted by molar-refractivity contribution is 5.98. The molecule has 0 spiro atoms. The van der Waals surface area contributed by atoms with Gasteiger partial charge < -0.3 is 29.3 Å². The molecule has 2 amide bonds. The number of hydroxylamine groups is 2. The number of piperazine rings is 1. The van der Waals surface area contributed by atoms with Gasteiger partial charge in [0.15, 0.2) is 5.82 Å². The third-order valence-corrected chi connectivity index (χ3v) is 6.97. The lowest BCUT2D eigenvalue weighted by Crippen LogP contribution is -2.55. The number of carbonyl (C=O) groups excluding carboxylic acids is 4. The summed E-state index contributed by atoms with van der Waals surface area (Å²) in [5.74, 6) is -1.20. The second-order valence-corrected chi connectivity index (χ2v) is 11.7. The predicted molar refractivity (Wildman–Crippen MR) is 158 cm³/mol.